The molecule has 0 aliphatic rings. The van der Waals surface area contributed by atoms with Crippen LogP contribution in [-0.4, -0.2) is 20.2 Å². The largest absolute Gasteiger partial charge is 0.262 e. The Morgan fingerprint density at radius 3 is 2.94 bits per heavy atom. The molecule has 0 aliphatic carbocycles. The number of nitrogens with one attached hydrogen (secondary N) is 1. The molecule has 0 saturated heterocycles. The van der Waals surface area contributed by atoms with Crippen LogP contribution in [0, 0.1) is 0 Å². The molecule has 17 heavy (non-hydrogen) atoms. The Kier molecular flexibility index (Phi) is 2.82. The van der Waals surface area contributed by atoms with Crippen molar-refractivity contribution >= 4 is 33.3 Å². The number of aromatic amines is 1. The minimum absolute atomic E-state index is 0.737. The van der Waals surface area contributed by atoms with E-state index in [-0.39, 0.29) is 0 Å². The zero-order chi connectivity index (χ0) is 11.7. The average Bonchev–Trinajstić information content (AvgIpc) is 2.94. The summed E-state index contributed by atoms with van der Waals surface area (Å²) in [5.74, 6) is 0.911. The van der Waals surface area contributed by atoms with Crippen LogP contribution in [0.2, 0.25) is 0 Å². The van der Waals surface area contributed by atoms with Gasteiger partial charge < -0.3 is 0 Å². The first-order valence-corrected chi connectivity index (χ1v) is 6.93. The Hall–Kier alpha value is -1.40. The van der Waals surface area contributed by atoms with Crippen molar-refractivity contribution < 1.29 is 0 Å². The van der Waals surface area contributed by atoms with Crippen molar-refractivity contribution in [2.45, 2.75) is 22.8 Å². The summed E-state index contributed by atoms with van der Waals surface area (Å²) in [6.45, 7) is 2.05. The summed E-state index contributed by atoms with van der Waals surface area (Å²) < 4.78 is 2.18. The number of fused-ring (bicyclic) bond motifs is 1. The van der Waals surface area contributed by atoms with E-state index in [2.05, 4.69) is 26.2 Å². The molecule has 0 amide bonds. The van der Waals surface area contributed by atoms with Gasteiger partial charge in [-0.15, -0.1) is 16.4 Å². The third-order valence-corrected chi connectivity index (χ3v) is 4.26. The van der Waals surface area contributed by atoms with Gasteiger partial charge in [0.05, 0.1) is 10.2 Å². The molecule has 0 radical (unpaired) electrons. The van der Waals surface area contributed by atoms with Crippen LogP contribution in [0.15, 0.2) is 33.8 Å². The van der Waals surface area contributed by atoms with E-state index in [0.29, 0.717) is 0 Å². The predicted molar refractivity (Wildman–Crippen MR) is 69.5 cm³/mol. The summed E-state index contributed by atoms with van der Waals surface area (Å²) in [7, 11) is 0. The molecule has 0 fully saturated rings. The summed E-state index contributed by atoms with van der Waals surface area (Å²) in [6.07, 6.45) is 0.868. The van der Waals surface area contributed by atoms with E-state index in [4.69, 9.17) is 0 Å². The number of H-pyrrole nitrogens is 1. The maximum Gasteiger partial charge on any atom is 0.215 e. The van der Waals surface area contributed by atoms with Crippen LogP contribution in [0.5, 0.6) is 0 Å². The molecule has 0 saturated carbocycles. The van der Waals surface area contributed by atoms with E-state index in [9.17, 15) is 0 Å². The van der Waals surface area contributed by atoms with Gasteiger partial charge in [0, 0.05) is 6.42 Å². The molecule has 3 aromatic rings. The monoisotopic (exact) mass is 262 g/mol. The molecule has 2 heterocycles. The van der Waals surface area contributed by atoms with Gasteiger partial charge in [-0.25, -0.2) is 9.97 Å². The molecular weight excluding hydrogens is 252 g/mol. The van der Waals surface area contributed by atoms with Gasteiger partial charge in [0.1, 0.15) is 5.82 Å². The van der Waals surface area contributed by atoms with E-state index in [1.165, 1.54) is 16.5 Å². The number of aryl methyl sites for hydroxylation is 1. The van der Waals surface area contributed by atoms with Gasteiger partial charge in [0.2, 0.25) is 5.16 Å². The van der Waals surface area contributed by atoms with E-state index in [1.54, 1.807) is 11.3 Å². The molecule has 4 nitrogen and oxygen atoms in total. The fourth-order valence-electron chi connectivity index (χ4n) is 1.45. The Labute approximate surface area is 107 Å². The zero-order valence-corrected chi connectivity index (χ0v) is 10.8. The van der Waals surface area contributed by atoms with Crippen molar-refractivity contribution in [2.75, 3.05) is 0 Å². The minimum Gasteiger partial charge on any atom is -0.262 e. The lowest BCUT2D eigenvalue weighted by molar-refractivity contribution is 0.941. The van der Waals surface area contributed by atoms with Crippen molar-refractivity contribution in [1.82, 2.24) is 20.2 Å². The van der Waals surface area contributed by atoms with Crippen LogP contribution < -0.4 is 0 Å². The van der Waals surface area contributed by atoms with Gasteiger partial charge in [-0.2, -0.15) is 0 Å². The van der Waals surface area contributed by atoms with Crippen molar-refractivity contribution in [1.29, 1.82) is 0 Å². The Morgan fingerprint density at radius 1 is 1.29 bits per heavy atom. The molecular formula is C11H10N4S2. The molecule has 1 aromatic carbocycles. The number of rotatable bonds is 3. The standard InChI is InChI=1S/C11H10N4S2/c1-2-9-13-10(15-14-9)17-11-12-7-5-3-4-6-8(7)16-11/h3-6H,2H2,1H3,(H,13,14,15). The lowest BCUT2D eigenvalue weighted by atomic mass is 10.3. The molecule has 1 N–H and O–H groups in total. The summed E-state index contributed by atoms with van der Waals surface area (Å²) in [6, 6.07) is 8.12. The van der Waals surface area contributed by atoms with Crippen LogP contribution in [-0.2, 0) is 6.42 Å². The Balaban J connectivity index is 1.89. The topological polar surface area (TPSA) is 54.5 Å². The van der Waals surface area contributed by atoms with Crippen molar-refractivity contribution in [2.24, 2.45) is 0 Å². The fraction of sp³-hybridized carbons (Fsp3) is 0.182. The summed E-state index contributed by atoms with van der Waals surface area (Å²) in [5, 5.41) is 7.79. The second kappa shape index (κ2) is 4.46. The van der Waals surface area contributed by atoms with Crippen LogP contribution in [0.1, 0.15) is 12.7 Å². The number of hydrogen-bond donors (Lipinski definition) is 1. The Morgan fingerprint density at radius 2 is 2.18 bits per heavy atom. The molecule has 0 atom stereocenters. The van der Waals surface area contributed by atoms with Crippen molar-refractivity contribution in [3.8, 4) is 0 Å². The molecule has 0 spiro atoms. The van der Waals surface area contributed by atoms with Gasteiger partial charge in [-0.05, 0) is 23.9 Å². The second-order valence-electron chi connectivity index (χ2n) is 3.47. The summed E-state index contributed by atoms with van der Waals surface area (Å²) in [5.41, 5.74) is 1.03. The highest BCUT2D eigenvalue weighted by atomic mass is 32.2. The molecule has 6 heteroatoms. The quantitative estimate of drug-likeness (QED) is 0.788. The first-order valence-electron chi connectivity index (χ1n) is 5.30. The maximum atomic E-state index is 4.53. The highest BCUT2D eigenvalue weighted by Crippen LogP contribution is 2.32. The average molecular weight is 262 g/mol. The van der Waals surface area contributed by atoms with Crippen LogP contribution >= 0.6 is 23.1 Å². The highest BCUT2D eigenvalue weighted by Gasteiger charge is 2.08. The molecule has 3 rings (SSSR count). The molecule has 86 valence electrons. The maximum absolute atomic E-state index is 4.53. The second-order valence-corrected chi connectivity index (χ2v) is 5.71. The van der Waals surface area contributed by atoms with Crippen LogP contribution in [0.25, 0.3) is 10.2 Å². The summed E-state index contributed by atoms with van der Waals surface area (Å²) >= 11 is 3.17. The smallest absolute Gasteiger partial charge is 0.215 e. The number of nitrogens with zero attached hydrogens (tertiary/aromatic N) is 3. The molecule has 0 unspecified atom stereocenters. The lowest BCUT2D eigenvalue weighted by Crippen LogP contribution is -1.80. The van der Waals surface area contributed by atoms with Crippen molar-refractivity contribution in [3.63, 3.8) is 0 Å². The van der Waals surface area contributed by atoms with Crippen molar-refractivity contribution in [3.05, 3.63) is 30.1 Å². The number of thiazole rings is 1. The van der Waals surface area contributed by atoms with Crippen LogP contribution in [0.3, 0.4) is 0 Å². The van der Waals surface area contributed by atoms with E-state index < -0.39 is 0 Å². The van der Waals surface area contributed by atoms with E-state index in [1.807, 2.05) is 25.1 Å². The first-order chi connectivity index (χ1) is 8.35. The van der Waals surface area contributed by atoms with Crippen LogP contribution in [0.4, 0.5) is 0 Å². The number of hydrogen-bond acceptors (Lipinski definition) is 5. The fourth-order valence-corrected chi connectivity index (χ4v) is 3.36. The Bertz CT molecular complexity index is 611. The molecule has 2 aromatic heterocycles. The van der Waals surface area contributed by atoms with E-state index in [0.717, 1.165) is 27.3 Å². The number of benzene rings is 1. The van der Waals surface area contributed by atoms with Gasteiger partial charge in [0.15, 0.2) is 4.34 Å². The lowest BCUT2D eigenvalue weighted by Gasteiger charge is -1.86. The molecule has 0 aliphatic heterocycles. The van der Waals surface area contributed by atoms with Gasteiger partial charge in [-0.1, -0.05) is 19.1 Å². The predicted octanol–water partition coefficient (Wildman–Crippen LogP) is 3.13. The highest BCUT2D eigenvalue weighted by molar-refractivity contribution is 8.01. The number of para-hydroxylation sites is 1. The number of aromatic nitrogens is 4. The molecule has 0 bridgehead atoms. The van der Waals surface area contributed by atoms with Gasteiger partial charge in [0.25, 0.3) is 0 Å². The normalized spacial score (nSPS) is 11.1. The third kappa shape index (κ3) is 2.18. The van der Waals surface area contributed by atoms with Gasteiger partial charge >= 0.3 is 0 Å². The zero-order valence-electron chi connectivity index (χ0n) is 9.17. The SMILES string of the molecule is CCc1nc(Sc2nc3ccccc3s2)n[nH]1. The van der Waals surface area contributed by atoms with Gasteiger partial charge in [-0.3, -0.25) is 5.10 Å². The van der Waals surface area contributed by atoms with E-state index >= 15 is 0 Å². The summed E-state index contributed by atoms with van der Waals surface area (Å²) in [4.78, 5) is 8.89. The third-order valence-electron chi connectivity index (χ3n) is 2.30. The minimum atomic E-state index is 0.737. The first kappa shape index (κ1) is 10.7.